The Balaban J connectivity index is 1.59. The molecule has 1 aliphatic carbocycles. The number of morpholine rings is 1. The number of para-hydroxylation sites is 2. The Kier molecular flexibility index (Phi) is 4.17. The van der Waals surface area contributed by atoms with Gasteiger partial charge in [0, 0.05) is 18.7 Å². The molecule has 5 heteroatoms. The van der Waals surface area contributed by atoms with Gasteiger partial charge in [0.25, 0.3) is 0 Å². The number of hydrogen-bond acceptors (Lipinski definition) is 3. The summed E-state index contributed by atoms with van der Waals surface area (Å²) in [5, 5.41) is 3.05. The Morgan fingerprint density at radius 2 is 1.72 bits per heavy atom. The zero-order chi connectivity index (χ0) is 17.3. The lowest BCUT2D eigenvalue weighted by molar-refractivity contribution is -0.118. The van der Waals surface area contributed by atoms with Crippen molar-refractivity contribution in [1.82, 2.24) is 0 Å². The van der Waals surface area contributed by atoms with Crippen LogP contribution in [0.3, 0.4) is 0 Å². The summed E-state index contributed by atoms with van der Waals surface area (Å²) >= 11 is 0. The smallest absolute Gasteiger partial charge is 0.235 e. The lowest BCUT2D eigenvalue weighted by Gasteiger charge is -2.31. The number of benzene rings is 2. The van der Waals surface area contributed by atoms with Crippen molar-refractivity contribution >= 4 is 17.3 Å². The molecule has 0 aromatic heterocycles. The SMILES string of the molecule is O=C(Nc1ccccc1N1CCOCC1)C1(c2ccccc2F)CC1. The molecule has 0 atom stereocenters. The Morgan fingerprint density at radius 3 is 2.44 bits per heavy atom. The average Bonchev–Trinajstić information content (AvgIpc) is 3.45. The van der Waals surface area contributed by atoms with Gasteiger partial charge in [0.15, 0.2) is 0 Å². The number of ether oxygens (including phenoxy) is 1. The van der Waals surface area contributed by atoms with Gasteiger partial charge in [-0.05, 0) is 31.0 Å². The van der Waals surface area contributed by atoms with Gasteiger partial charge in [-0.3, -0.25) is 4.79 Å². The number of hydrogen-bond donors (Lipinski definition) is 1. The minimum atomic E-state index is -0.733. The van der Waals surface area contributed by atoms with Crippen molar-refractivity contribution in [1.29, 1.82) is 0 Å². The lowest BCUT2D eigenvalue weighted by Crippen LogP contribution is -2.37. The van der Waals surface area contributed by atoms with Crippen molar-refractivity contribution < 1.29 is 13.9 Å². The monoisotopic (exact) mass is 340 g/mol. The topological polar surface area (TPSA) is 41.6 Å². The van der Waals surface area contributed by atoms with Gasteiger partial charge in [-0.2, -0.15) is 0 Å². The largest absolute Gasteiger partial charge is 0.378 e. The van der Waals surface area contributed by atoms with Crippen molar-refractivity contribution in [2.75, 3.05) is 36.5 Å². The first-order chi connectivity index (χ1) is 12.2. The fraction of sp³-hybridized carbons (Fsp3) is 0.350. The molecule has 4 nitrogen and oxygen atoms in total. The average molecular weight is 340 g/mol. The van der Waals surface area contributed by atoms with Crippen LogP contribution in [0.15, 0.2) is 48.5 Å². The second-order valence-corrected chi connectivity index (χ2v) is 6.63. The predicted molar refractivity (Wildman–Crippen MR) is 95.4 cm³/mol. The van der Waals surface area contributed by atoms with Gasteiger partial charge in [-0.1, -0.05) is 30.3 Å². The van der Waals surface area contributed by atoms with E-state index in [1.165, 1.54) is 6.07 Å². The van der Waals surface area contributed by atoms with E-state index in [9.17, 15) is 9.18 Å². The van der Waals surface area contributed by atoms with Gasteiger partial charge in [0.05, 0.1) is 30.0 Å². The maximum absolute atomic E-state index is 14.2. The van der Waals surface area contributed by atoms with Crippen LogP contribution in [0.1, 0.15) is 18.4 Å². The highest BCUT2D eigenvalue weighted by Gasteiger charge is 2.52. The first kappa shape index (κ1) is 16.1. The Labute approximate surface area is 146 Å². The van der Waals surface area contributed by atoms with Crippen LogP contribution >= 0.6 is 0 Å². The van der Waals surface area contributed by atoms with E-state index in [-0.39, 0.29) is 11.7 Å². The highest BCUT2D eigenvalue weighted by atomic mass is 19.1. The number of halogens is 1. The van der Waals surface area contributed by atoms with Crippen LogP contribution in [0, 0.1) is 5.82 Å². The zero-order valence-corrected chi connectivity index (χ0v) is 14.0. The van der Waals surface area contributed by atoms with Gasteiger partial charge < -0.3 is 15.0 Å². The van der Waals surface area contributed by atoms with Crippen molar-refractivity contribution in [3.05, 3.63) is 59.9 Å². The molecule has 1 heterocycles. The summed E-state index contributed by atoms with van der Waals surface area (Å²) in [6.45, 7) is 2.96. The summed E-state index contributed by atoms with van der Waals surface area (Å²) in [6.07, 6.45) is 1.36. The van der Waals surface area contributed by atoms with Crippen molar-refractivity contribution in [2.45, 2.75) is 18.3 Å². The molecular formula is C20H21FN2O2. The molecule has 0 spiro atoms. The zero-order valence-electron chi connectivity index (χ0n) is 14.0. The number of rotatable bonds is 4. The molecule has 0 unspecified atom stereocenters. The van der Waals surface area contributed by atoms with E-state index in [0.717, 1.165) is 24.5 Å². The maximum Gasteiger partial charge on any atom is 0.235 e. The van der Waals surface area contributed by atoms with Crippen LogP contribution in [0.2, 0.25) is 0 Å². The molecule has 2 aliphatic rings. The van der Waals surface area contributed by atoms with Crippen molar-refractivity contribution in [3.8, 4) is 0 Å². The minimum absolute atomic E-state index is 0.127. The van der Waals surface area contributed by atoms with E-state index in [2.05, 4.69) is 10.2 Å². The molecule has 2 aromatic carbocycles. The summed E-state index contributed by atoms with van der Waals surface area (Å²) in [5.41, 5.74) is 1.53. The highest BCUT2D eigenvalue weighted by Crippen LogP contribution is 2.50. The van der Waals surface area contributed by atoms with Crippen LogP contribution in [0.5, 0.6) is 0 Å². The summed E-state index contributed by atoms with van der Waals surface area (Å²) < 4.78 is 19.6. The highest BCUT2D eigenvalue weighted by molar-refractivity contribution is 6.03. The van der Waals surface area contributed by atoms with Gasteiger partial charge in [0.2, 0.25) is 5.91 Å². The van der Waals surface area contributed by atoms with E-state index in [1.807, 2.05) is 24.3 Å². The van der Waals surface area contributed by atoms with Crippen LogP contribution in [-0.2, 0) is 14.9 Å². The number of nitrogens with one attached hydrogen (secondary N) is 1. The third kappa shape index (κ3) is 3.00. The quantitative estimate of drug-likeness (QED) is 0.928. The molecule has 1 saturated heterocycles. The summed E-state index contributed by atoms with van der Waals surface area (Å²) in [7, 11) is 0. The molecule has 0 bridgehead atoms. The van der Waals surface area contributed by atoms with Gasteiger partial charge >= 0.3 is 0 Å². The van der Waals surface area contributed by atoms with Crippen molar-refractivity contribution in [3.63, 3.8) is 0 Å². The molecule has 0 radical (unpaired) electrons. The fourth-order valence-corrected chi connectivity index (χ4v) is 3.49. The maximum atomic E-state index is 14.2. The molecule has 1 saturated carbocycles. The van der Waals surface area contributed by atoms with E-state index >= 15 is 0 Å². The standard InChI is InChI=1S/C20H21FN2O2/c21-16-6-2-1-5-15(16)20(9-10-20)19(24)22-17-7-3-4-8-18(17)23-11-13-25-14-12-23/h1-8H,9-14H2,(H,22,24). The fourth-order valence-electron chi connectivity index (χ4n) is 3.49. The Morgan fingerprint density at radius 1 is 1.04 bits per heavy atom. The van der Waals surface area contributed by atoms with E-state index in [1.54, 1.807) is 18.2 Å². The molecule has 1 aliphatic heterocycles. The normalized spacial score (nSPS) is 18.7. The molecule has 130 valence electrons. The van der Waals surface area contributed by atoms with Crippen LogP contribution < -0.4 is 10.2 Å². The predicted octanol–water partition coefficient (Wildman–Crippen LogP) is 3.33. The third-order valence-electron chi connectivity index (χ3n) is 5.08. The minimum Gasteiger partial charge on any atom is -0.378 e. The molecule has 25 heavy (non-hydrogen) atoms. The second-order valence-electron chi connectivity index (χ2n) is 6.63. The van der Waals surface area contributed by atoms with Gasteiger partial charge in [-0.25, -0.2) is 4.39 Å². The summed E-state index contributed by atoms with van der Waals surface area (Å²) in [5.74, 6) is -0.435. The first-order valence-corrected chi connectivity index (χ1v) is 8.69. The molecule has 2 aromatic rings. The summed E-state index contributed by atoms with van der Waals surface area (Å²) in [6, 6.07) is 14.4. The summed E-state index contributed by atoms with van der Waals surface area (Å²) in [4.78, 5) is 15.2. The Bertz CT molecular complexity index is 783. The first-order valence-electron chi connectivity index (χ1n) is 8.69. The number of amides is 1. The second kappa shape index (κ2) is 6.48. The number of carbonyl (C=O) groups excluding carboxylic acids is 1. The lowest BCUT2D eigenvalue weighted by atomic mass is 9.94. The molecule has 1 amide bonds. The molecule has 1 N–H and O–H groups in total. The van der Waals surface area contributed by atoms with Gasteiger partial charge in [-0.15, -0.1) is 0 Å². The van der Waals surface area contributed by atoms with Crippen LogP contribution in [-0.4, -0.2) is 32.2 Å². The molecule has 2 fully saturated rings. The van der Waals surface area contributed by atoms with Crippen LogP contribution in [0.4, 0.5) is 15.8 Å². The molecule has 4 rings (SSSR count). The van der Waals surface area contributed by atoms with Gasteiger partial charge in [0.1, 0.15) is 5.82 Å². The van der Waals surface area contributed by atoms with E-state index < -0.39 is 5.41 Å². The number of anilines is 2. The molecular weight excluding hydrogens is 319 g/mol. The third-order valence-corrected chi connectivity index (χ3v) is 5.08. The van der Waals surface area contributed by atoms with E-state index in [0.29, 0.717) is 31.6 Å². The van der Waals surface area contributed by atoms with Crippen molar-refractivity contribution in [2.24, 2.45) is 0 Å². The Hall–Kier alpha value is -2.40. The van der Waals surface area contributed by atoms with Crippen LogP contribution in [0.25, 0.3) is 0 Å². The van der Waals surface area contributed by atoms with E-state index in [4.69, 9.17) is 4.74 Å². The number of nitrogens with zero attached hydrogens (tertiary/aromatic N) is 1. The number of carbonyl (C=O) groups is 1.